The maximum Gasteiger partial charge on any atom is 0.161 e. The third kappa shape index (κ3) is 4.84. The Morgan fingerprint density at radius 3 is 2.47 bits per heavy atom. The van der Waals surface area contributed by atoms with Crippen LogP contribution in [-0.2, 0) is 0 Å². The summed E-state index contributed by atoms with van der Waals surface area (Å²) in [5, 5.41) is 6.88. The molecular formula is C16H19NO2. The molecule has 19 heavy (non-hydrogen) atoms. The molecule has 0 unspecified atom stereocenters. The van der Waals surface area contributed by atoms with Crippen molar-refractivity contribution in [2.45, 2.75) is 6.92 Å². The van der Waals surface area contributed by atoms with Crippen LogP contribution in [0.5, 0.6) is 11.5 Å². The maximum absolute atomic E-state index is 6.88. The zero-order chi connectivity index (χ0) is 14.1. The van der Waals surface area contributed by atoms with E-state index >= 15 is 0 Å². The third-order valence-corrected chi connectivity index (χ3v) is 2.51. The summed E-state index contributed by atoms with van der Waals surface area (Å²) in [7, 11) is 3.24. The van der Waals surface area contributed by atoms with Crippen molar-refractivity contribution in [2.24, 2.45) is 0 Å². The van der Waals surface area contributed by atoms with E-state index in [0.717, 1.165) is 22.6 Å². The SMILES string of the molecule is COc1ccc(/C=C/C(C)=C/C=C\C=N)cc1OC. The van der Waals surface area contributed by atoms with Gasteiger partial charge in [-0.1, -0.05) is 35.9 Å². The number of hydrogen-bond donors (Lipinski definition) is 1. The fraction of sp³-hybridized carbons (Fsp3) is 0.188. The van der Waals surface area contributed by atoms with Crippen molar-refractivity contribution in [1.82, 2.24) is 0 Å². The second-order valence-corrected chi connectivity index (χ2v) is 3.91. The molecule has 0 bridgehead atoms. The highest BCUT2D eigenvalue weighted by Crippen LogP contribution is 2.28. The molecule has 0 aromatic heterocycles. The Bertz CT molecular complexity index is 513. The molecule has 3 heteroatoms. The molecule has 100 valence electrons. The van der Waals surface area contributed by atoms with Crippen LogP contribution in [0, 0.1) is 5.41 Å². The molecule has 0 heterocycles. The minimum absolute atomic E-state index is 0.718. The summed E-state index contributed by atoms with van der Waals surface area (Å²) in [6.07, 6.45) is 10.7. The van der Waals surface area contributed by atoms with Crippen LogP contribution in [0.15, 0.2) is 48.1 Å². The fourth-order valence-electron chi connectivity index (χ4n) is 1.50. The fourth-order valence-corrected chi connectivity index (χ4v) is 1.50. The number of hydrogen-bond acceptors (Lipinski definition) is 3. The van der Waals surface area contributed by atoms with Gasteiger partial charge in [-0.2, -0.15) is 0 Å². The van der Waals surface area contributed by atoms with Gasteiger partial charge in [0, 0.05) is 6.21 Å². The average molecular weight is 257 g/mol. The molecule has 0 saturated heterocycles. The van der Waals surface area contributed by atoms with Gasteiger partial charge in [-0.3, -0.25) is 0 Å². The highest BCUT2D eigenvalue weighted by atomic mass is 16.5. The third-order valence-electron chi connectivity index (χ3n) is 2.51. The van der Waals surface area contributed by atoms with E-state index in [-0.39, 0.29) is 0 Å². The normalized spacial score (nSPS) is 12.1. The van der Waals surface area contributed by atoms with Crippen LogP contribution in [0.3, 0.4) is 0 Å². The van der Waals surface area contributed by atoms with Crippen molar-refractivity contribution in [3.05, 3.63) is 53.6 Å². The van der Waals surface area contributed by atoms with Crippen molar-refractivity contribution >= 4 is 12.3 Å². The van der Waals surface area contributed by atoms with Crippen LogP contribution in [0.2, 0.25) is 0 Å². The molecule has 0 fully saturated rings. The first-order chi connectivity index (χ1) is 9.21. The topological polar surface area (TPSA) is 42.3 Å². The predicted octanol–water partition coefficient (Wildman–Crippen LogP) is 3.87. The molecule has 0 atom stereocenters. The van der Waals surface area contributed by atoms with Gasteiger partial charge >= 0.3 is 0 Å². The van der Waals surface area contributed by atoms with Gasteiger partial charge in [0.15, 0.2) is 11.5 Å². The molecule has 0 aliphatic rings. The Morgan fingerprint density at radius 1 is 1.11 bits per heavy atom. The molecule has 3 nitrogen and oxygen atoms in total. The van der Waals surface area contributed by atoms with Gasteiger partial charge in [0.25, 0.3) is 0 Å². The lowest BCUT2D eigenvalue weighted by Crippen LogP contribution is -1.90. The van der Waals surface area contributed by atoms with Crippen LogP contribution in [-0.4, -0.2) is 20.4 Å². The van der Waals surface area contributed by atoms with Crippen molar-refractivity contribution < 1.29 is 9.47 Å². The number of ether oxygens (including phenoxy) is 2. The number of methoxy groups -OCH3 is 2. The van der Waals surface area contributed by atoms with E-state index in [9.17, 15) is 0 Å². The van der Waals surface area contributed by atoms with Gasteiger partial charge in [0.05, 0.1) is 14.2 Å². The summed E-state index contributed by atoms with van der Waals surface area (Å²) in [5.41, 5.74) is 2.15. The summed E-state index contributed by atoms with van der Waals surface area (Å²) >= 11 is 0. The van der Waals surface area contributed by atoms with Crippen molar-refractivity contribution in [2.75, 3.05) is 14.2 Å². The molecular weight excluding hydrogens is 238 g/mol. The quantitative estimate of drug-likeness (QED) is 0.621. The molecule has 1 rings (SSSR count). The molecule has 1 aromatic carbocycles. The Balaban J connectivity index is 2.84. The predicted molar refractivity (Wildman–Crippen MR) is 80.3 cm³/mol. The van der Waals surface area contributed by atoms with Gasteiger partial charge in [0.1, 0.15) is 0 Å². The number of benzene rings is 1. The van der Waals surface area contributed by atoms with E-state index in [1.54, 1.807) is 20.3 Å². The number of rotatable bonds is 6. The highest BCUT2D eigenvalue weighted by Gasteiger charge is 2.02. The molecule has 1 N–H and O–H groups in total. The minimum Gasteiger partial charge on any atom is -0.493 e. The Labute approximate surface area is 114 Å². The monoisotopic (exact) mass is 257 g/mol. The van der Waals surface area contributed by atoms with Crippen molar-refractivity contribution in [1.29, 1.82) is 5.41 Å². The largest absolute Gasteiger partial charge is 0.493 e. The van der Waals surface area contributed by atoms with Crippen molar-refractivity contribution in [3.63, 3.8) is 0 Å². The first kappa shape index (κ1) is 14.8. The Hall–Kier alpha value is -2.29. The summed E-state index contributed by atoms with van der Waals surface area (Å²) in [5.74, 6) is 1.44. The van der Waals surface area contributed by atoms with E-state index in [1.807, 2.05) is 49.4 Å². The van der Waals surface area contributed by atoms with Crippen LogP contribution in [0.1, 0.15) is 12.5 Å². The number of nitrogens with one attached hydrogen (secondary N) is 1. The second kappa shape index (κ2) is 7.93. The van der Waals surface area contributed by atoms with Crippen LogP contribution >= 0.6 is 0 Å². The molecule has 0 aliphatic carbocycles. The molecule has 0 spiro atoms. The number of allylic oxidation sites excluding steroid dienone is 5. The Morgan fingerprint density at radius 2 is 1.84 bits per heavy atom. The smallest absolute Gasteiger partial charge is 0.161 e. The second-order valence-electron chi connectivity index (χ2n) is 3.91. The van der Waals surface area contributed by atoms with E-state index in [4.69, 9.17) is 14.9 Å². The molecule has 0 saturated carbocycles. The highest BCUT2D eigenvalue weighted by molar-refractivity contribution is 5.68. The standard InChI is InChI=1S/C16H19NO2/c1-13(6-4-5-11-17)7-8-14-9-10-15(18-2)16(12-14)19-3/h4-12,17H,1-3H3/b5-4-,8-7+,13-6+,17-11?. The van der Waals surface area contributed by atoms with E-state index < -0.39 is 0 Å². The van der Waals surface area contributed by atoms with Gasteiger partial charge in [-0.25, -0.2) is 0 Å². The maximum atomic E-state index is 6.88. The van der Waals surface area contributed by atoms with Gasteiger partial charge in [0.2, 0.25) is 0 Å². The zero-order valence-electron chi connectivity index (χ0n) is 11.5. The summed E-state index contributed by atoms with van der Waals surface area (Å²) in [4.78, 5) is 0. The molecule has 0 radical (unpaired) electrons. The molecule has 0 aliphatic heterocycles. The van der Waals surface area contributed by atoms with Gasteiger partial charge in [-0.05, 0) is 30.7 Å². The van der Waals surface area contributed by atoms with Gasteiger partial charge in [-0.15, -0.1) is 0 Å². The minimum atomic E-state index is 0.718. The summed E-state index contributed by atoms with van der Waals surface area (Å²) < 4.78 is 10.4. The van der Waals surface area contributed by atoms with Gasteiger partial charge < -0.3 is 14.9 Å². The van der Waals surface area contributed by atoms with Crippen LogP contribution < -0.4 is 9.47 Å². The first-order valence-corrected chi connectivity index (χ1v) is 5.95. The van der Waals surface area contributed by atoms with Crippen molar-refractivity contribution in [3.8, 4) is 11.5 Å². The first-order valence-electron chi connectivity index (χ1n) is 5.95. The lowest BCUT2D eigenvalue weighted by Gasteiger charge is -2.07. The molecule has 1 aromatic rings. The average Bonchev–Trinajstić information content (AvgIpc) is 2.45. The lowest BCUT2D eigenvalue weighted by molar-refractivity contribution is 0.355. The van der Waals surface area contributed by atoms with Crippen LogP contribution in [0.4, 0.5) is 0 Å². The molecule has 0 amide bonds. The Kier molecular flexibility index (Phi) is 6.16. The lowest BCUT2D eigenvalue weighted by atomic mass is 10.1. The summed E-state index contributed by atoms with van der Waals surface area (Å²) in [6.45, 7) is 2.01. The zero-order valence-corrected chi connectivity index (χ0v) is 11.5. The van der Waals surface area contributed by atoms with E-state index in [0.29, 0.717) is 0 Å². The van der Waals surface area contributed by atoms with E-state index in [2.05, 4.69) is 0 Å². The van der Waals surface area contributed by atoms with E-state index in [1.165, 1.54) is 6.21 Å². The van der Waals surface area contributed by atoms with Crippen LogP contribution in [0.25, 0.3) is 6.08 Å². The summed E-state index contributed by atoms with van der Waals surface area (Å²) in [6, 6.07) is 5.78.